The highest BCUT2D eigenvalue weighted by atomic mass is 16.3. The number of hydrogen-bond donors (Lipinski definition) is 1. The molecule has 0 saturated carbocycles. The first-order chi connectivity index (χ1) is 8.62. The number of aromatic nitrogens is 3. The highest BCUT2D eigenvalue weighted by molar-refractivity contribution is 5.56. The van der Waals surface area contributed by atoms with Gasteiger partial charge in [0.25, 0.3) is 0 Å². The molecule has 1 N–H and O–H groups in total. The number of hydrogen-bond acceptors (Lipinski definition) is 5. The van der Waals surface area contributed by atoms with Crippen molar-refractivity contribution in [1.29, 1.82) is 5.26 Å². The van der Waals surface area contributed by atoms with Crippen LogP contribution >= 0.6 is 0 Å². The first-order valence-electron chi connectivity index (χ1n) is 5.86. The molecule has 0 aliphatic heterocycles. The van der Waals surface area contributed by atoms with Crippen LogP contribution in [0.5, 0.6) is 5.88 Å². The van der Waals surface area contributed by atoms with Gasteiger partial charge in [-0.15, -0.1) is 5.10 Å². The van der Waals surface area contributed by atoms with Gasteiger partial charge in [0.05, 0.1) is 0 Å². The number of rotatable bonds is 3. The van der Waals surface area contributed by atoms with Crippen LogP contribution in [0, 0.1) is 18.3 Å². The molecule has 2 aromatic heterocycles. The fourth-order valence-corrected chi connectivity index (χ4v) is 1.89. The number of nitrogens with zero attached hydrogens (tertiary/aromatic N) is 5. The van der Waals surface area contributed by atoms with Crippen molar-refractivity contribution in [2.45, 2.75) is 20.8 Å². The van der Waals surface area contributed by atoms with E-state index in [1.165, 1.54) is 4.52 Å². The summed E-state index contributed by atoms with van der Waals surface area (Å²) in [6.45, 7) is 7.38. The summed E-state index contributed by atoms with van der Waals surface area (Å²) in [5, 5.41) is 23.2. The first kappa shape index (κ1) is 12.2. The van der Waals surface area contributed by atoms with Gasteiger partial charge in [-0.1, -0.05) is 0 Å². The number of aromatic hydroxyl groups is 1. The SMILES string of the molecule is CCN(CC)c1nc2cc(C)c(C#N)c(O)n2n1. The van der Waals surface area contributed by atoms with E-state index in [9.17, 15) is 5.11 Å². The third-order valence-electron chi connectivity index (χ3n) is 2.94. The molecule has 0 saturated heterocycles. The summed E-state index contributed by atoms with van der Waals surface area (Å²) in [4.78, 5) is 6.34. The Balaban J connectivity index is 2.66. The molecule has 2 heterocycles. The van der Waals surface area contributed by atoms with Crippen molar-refractivity contribution in [3.63, 3.8) is 0 Å². The van der Waals surface area contributed by atoms with Crippen LogP contribution < -0.4 is 4.90 Å². The Hall–Kier alpha value is -2.29. The maximum atomic E-state index is 9.99. The summed E-state index contributed by atoms with van der Waals surface area (Å²) >= 11 is 0. The van der Waals surface area contributed by atoms with Crippen molar-refractivity contribution in [3.05, 3.63) is 17.2 Å². The molecule has 0 aromatic carbocycles. The Morgan fingerprint density at radius 1 is 1.44 bits per heavy atom. The predicted octanol–water partition coefficient (Wildman–Crippen LogP) is 1.46. The van der Waals surface area contributed by atoms with Crippen molar-refractivity contribution in [2.24, 2.45) is 0 Å². The number of pyridine rings is 1. The van der Waals surface area contributed by atoms with E-state index in [1.807, 2.05) is 24.8 Å². The lowest BCUT2D eigenvalue weighted by molar-refractivity contribution is 0.434. The number of aryl methyl sites for hydroxylation is 1. The van der Waals surface area contributed by atoms with Crippen LogP contribution in [0.15, 0.2) is 6.07 Å². The van der Waals surface area contributed by atoms with Crippen LogP contribution in [0.2, 0.25) is 0 Å². The van der Waals surface area contributed by atoms with Crippen LogP contribution in [0.4, 0.5) is 5.95 Å². The third-order valence-corrected chi connectivity index (χ3v) is 2.94. The van der Waals surface area contributed by atoms with Crippen molar-refractivity contribution in [1.82, 2.24) is 14.6 Å². The van der Waals surface area contributed by atoms with Gasteiger partial charge in [0.15, 0.2) is 5.65 Å². The van der Waals surface area contributed by atoms with Gasteiger partial charge in [0.2, 0.25) is 11.8 Å². The topological polar surface area (TPSA) is 77.5 Å². The zero-order chi connectivity index (χ0) is 13.3. The minimum atomic E-state index is -0.154. The summed E-state index contributed by atoms with van der Waals surface area (Å²) in [6, 6.07) is 3.72. The van der Waals surface area contributed by atoms with Crippen molar-refractivity contribution >= 4 is 11.6 Å². The molecule has 6 heteroatoms. The molecule has 2 rings (SSSR count). The van der Waals surface area contributed by atoms with Crippen LogP contribution in [0.3, 0.4) is 0 Å². The zero-order valence-electron chi connectivity index (χ0n) is 10.7. The van der Waals surface area contributed by atoms with Crippen LogP contribution in [-0.4, -0.2) is 32.8 Å². The van der Waals surface area contributed by atoms with E-state index in [-0.39, 0.29) is 11.4 Å². The lowest BCUT2D eigenvalue weighted by Crippen LogP contribution is -2.23. The van der Waals surface area contributed by atoms with Crippen LogP contribution in [-0.2, 0) is 0 Å². The molecule has 0 spiro atoms. The molecule has 0 fully saturated rings. The predicted molar refractivity (Wildman–Crippen MR) is 67.7 cm³/mol. The summed E-state index contributed by atoms with van der Waals surface area (Å²) in [7, 11) is 0. The molecule has 0 unspecified atom stereocenters. The van der Waals surface area contributed by atoms with Crippen LogP contribution in [0.25, 0.3) is 5.65 Å². The fourth-order valence-electron chi connectivity index (χ4n) is 1.89. The minimum absolute atomic E-state index is 0.154. The van der Waals surface area contributed by atoms with Gasteiger partial charge in [-0.3, -0.25) is 0 Å². The molecule has 0 aliphatic carbocycles. The Labute approximate surface area is 105 Å². The largest absolute Gasteiger partial charge is 0.492 e. The molecule has 0 aliphatic rings. The first-order valence-corrected chi connectivity index (χ1v) is 5.86. The number of anilines is 1. The quantitative estimate of drug-likeness (QED) is 0.885. The maximum absolute atomic E-state index is 9.99. The van der Waals surface area contributed by atoms with Crippen molar-refractivity contribution in [3.8, 4) is 11.9 Å². The monoisotopic (exact) mass is 245 g/mol. The van der Waals surface area contributed by atoms with Crippen molar-refractivity contribution < 1.29 is 5.11 Å². The van der Waals surface area contributed by atoms with Gasteiger partial charge in [0.1, 0.15) is 11.6 Å². The molecule has 0 amide bonds. The Morgan fingerprint density at radius 3 is 2.67 bits per heavy atom. The normalized spacial score (nSPS) is 10.6. The van der Waals surface area contributed by atoms with E-state index in [0.717, 1.165) is 13.1 Å². The zero-order valence-corrected chi connectivity index (χ0v) is 10.7. The second kappa shape index (κ2) is 4.53. The molecule has 0 radical (unpaired) electrons. The summed E-state index contributed by atoms with van der Waals surface area (Å²) in [5.41, 5.74) is 1.48. The molecular formula is C12H15N5O. The molecule has 94 valence electrons. The van der Waals surface area contributed by atoms with Crippen molar-refractivity contribution in [2.75, 3.05) is 18.0 Å². The van der Waals surface area contributed by atoms with Gasteiger partial charge in [0, 0.05) is 13.1 Å². The molecule has 0 bridgehead atoms. The van der Waals surface area contributed by atoms with Gasteiger partial charge < -0.3 is 10.0 Å². The molecule has 0 atom stereocenters. The fraction of sp³-hybridized carbons (Fsp3) is 0.417. The highest BCUT2D eigenvalue weighted by Gasteiger charge is 2.15. The van der Waals surface area contributed by atoms with E-state index in [2.05, 4.69) is 10.1 Å². The Bertz CT molecular complexity index is 621. The van der Waals surface area contributed by atoms with Gasteiger partial charge in [-0.05, 0) is 32.4 Å². The van der Waals surface area contributed by atoms with E-state index in [4.69, 9.17) is 5.26 Å². The second-order valence-corrected chi connectivity index (χ2v) is 3.99. The number of fused-ring (bicyclic) bond motifs is 1. The Kier molecular flexibility index (Phi) is 3.06. The van der Waals surface area contributed by atoms with E-state index >= 15 is 0 Å². The lowest BCUT2D eigenvalue weighted by Gasteiger charge is -2.14. The molecule has 2 aromatic rings. The summed E-state index contributed by atoms with van der Waals surface area (Å²) in [6.07, 6.45) is 0. The Morgan fingerprint density at radius 2 is 2.11 bits per heavy atom. The second-order valence-electron chi connectivity index (χ2n) is 3.99. The van der Waals surface area contributed by atoms with E-state index in [0.29, 0.717) is 17.2 Å². The highest BCUT2D eigenvalue weighted by Crippen LogP contribution is 2.23. The summed E-state index contributed by atoms with van der Waals surface area (Å²) < 4.78 is 1.30. The maximum Gasteiger partial charge on any atom is 0.245 e. The minimum Gasteiger partial charge on any atom is -0.492 e. The van der Waals surface area contributed by atoms with Crippen LogP contribution in [0.1, 0.15) is 25.0 Å². The average Bonchev–Trinajstić information content (AvgIpc) is 2.75. The summed E-state index contributed by atoms with van der Waals surface area (Å²) in [5.74, 6) is 0.406. The standard InChI is InChI=1S/C12H15N5O/c1-4-16(5-2)12-14-10-6-8(3)9(7-13)11(18)17(10)15-12/h6,18H,4-5H2,1-3H3. The van der Waals surface area contributed by atoms with E-state index in [1.54, 1.807) is 13.0 Å². The van der Waals surface area contributed by atoms with Gasteiger partial charge in [-0.2, -0.15) is 14.8 Å². The number of nitriles is 1. The third kappa shape index (κ3) is 1.74. The van der Waals surface area contributed by atoms with Gasteiger partial charge >= 0.3 is 0 Å². The lowest BCUT2D eigenvalue weighted by atomic mass is 10.2. The molecule has 18 heavy (non-hydrogen) atoms. The van der Waals surface area contributed by atoms with Gasteiger partial charge in [-0.25, -0.2) is 0 Å². The smallest absolute Gasteiger partial charge is 0.245 e. The molecular weight excluding hydrogens is 230 g/mol. The average molecular weight is 245 g/mol. The molecule has 6 nitrogen and oxygen atoms in total. The van der Waals surface area contributed by atoms with E-state index < -0.39 is 0 Å².